The number of rotatable bonds is 4. The van der Waals surface area contributed by atoms with Crippen LogP contribution in [0, 0.1) is 0 Å². The summed E-state index contributed by atoms with van der Waals surface area (Å²) in [7, 11) is 0. The van der Waals surface area contributed by atoms with Crippen molar-refractivity contribution in [3.05, 3.63) is 81.9 Å². The van der Waals surface area contributed by atoms with E-state index in [-0.39, 0.29) is 5.91 Å². The number of para-hydroxylation sites is 1. The number of carbonyl (C=O) groups is 1. The Morgan fingerprint density at radius 1 is 0.923 bits per heavy atom. The Hall–Kier alpha value is -2.41. The molecule has 2 aromatic carbocycles. The molecule has 1 amide bonds. The van der Waals surface area contributed by atoms with Crippen LogP contribution in [0.1, 0.15) is 4.88 Å². The number of anilines is 1. The zero-order valence-electron chi connectivity index (χ0n) is 13.5. The van der Waals surface area contributed by atoms with Gasteiger partial charge in [0, 0.05) is 4.88 Å². The lowest BCUT2D eigenvalue weighted by atomic mass is 10.2. The van der Waals surface area contributed by atoms with Gasteiger partial charge in [-0.1, -0.05) is 48.2 Å². The number of thiocarbonyl (C=S) groups is 1. The Kier molecular flexibility index (Phi) is 4.88. The third-order valence-electron chi connectivity index (χ3n) is 3.68. The van der Waals surface area contributed by atoms with Crippen molar-refractivity contribution in [2.75, 3.05) is 4.90 Å². The minimum Gasteiger partial charge on any atom is -0.457 e. The Balaban J connectivity index is 1.54. The fraction of sp³-hybridized carbons (Fsp3) is 0. The third kappa shape index (κ3) is 3.58. The molecule has 0 radical (unpaired) electrons. The normalized spacial score (nSPS) is 15.7. The summed E-state index contributed by atoms with van der Waals surface area (Å²) in [5.74, 6) is 1.38. The maximum absolute atomic E-state index is 12.7. The summed E-state index contributed by atoms with van der Waals surface area (Å²) in [5.41, 5.74) is 0.738. The highest BCUT2D eigenvalue weighted by Crippen LogP contribution is 2.37. The van der Waals surface area contributed by atoms with Crippen molar-refractivity contribution in [3.63, 3.8) is 0 Å². The molecule has 2 heterocycles. The predicted molar refractivity (Wildman–Crippen MR) is 113 cm³/mol. The minimum atomic E-state index is -0.0925. The smallest absolute Gasteiger partial charge is 0.270 e. The SMILES string of the molecule is O=C1C(=Cc2cccs2)SC(=S)N1c1ccc(Oc2ccccc2)cc1. The highest BCUT2D eigenvalue weighted by atomic mass is 32.2. The molecule has 1 saturated heterocycles. The van der Waals surface area contributed by atoms with Crippen molar-refractivity contribution >= 4 is 57.3 Å². The molecular formula is C20H13NO2S3. The third-order valence-corrected chi connectivity index (χ3v) is 5.81. The first-order valence-electron chi connectivity index (χ1n) is 7.85. The second-order valence-corrected chi connectivity index (χ2v) is 8.10. The summed E-state index contributed by atoms with van der Waals surface area (Å²) in [6.07, 6.45) is 1.89. The van der Waals surface area contributed by atoms with Gasteiger partial charge in [-0.25, -0.2) is 0 Å². The summed E-state index contributed by atoms with van der Waals surface area (Å²) >= 11 is 8.33. The van der Waals surface area contributed by atoms with Gasteiger partial charge in [0.25, 0.3) is 5.91 Å². The van der Waals surface area contributed by atoms with Crippen LogP contribution in [-0.4, -0.2) is 10.2 Å². The minimum absolute atomic E-state index is 0.0925. The van der Waals surface area contributed by atoms with Gasteiger partial charge in [-0.15, -0.1) is 11.3 Å². The first-order valence-corrected chi connectivity index (χ1v) is 9.95. The lowest BCUT2D eigenvalue weighted by Crippen LogP contribution is -2.27. The summed E-state index contributed by atoms with van der Waals surface area (Å²) in [6.45, 7) is 0. The van der Waals surface area contributed by atoms with Crippen molar-refractivity contribution in [3.8, 4) is 11.5 Å². The number of hydrogen-bond acceptors (Lipinski definition) is 5. The van der Waals surface area contributed by atoms with Crippen molar-refractivity contribution in [1.82, 2.24) is 0 Å². The van der Waals surface area contributed by atoms with Gasteiger partial charge < -0.3 is 4.74 Å². The van der Waals surface area contributed by atoms with Crippen LogP contribution < -0.4 is 9.64 Å². The van der Waals surface area contributed by atoms with Crippen LogP contribution in [0.15, 0.2) is 77.0 Å². The second kappa shape index (κ2) is 7.45. The quantitative estimate of drug-likeness (QED) is 0.403. The fourth-order valence-corrected chi connectivity index (χ4v) is 4.50. The van der Waals surface area contributed by atoms with E-state index in [0.29, 0.717) is 15.0 Å². The molecular weight excluding hydrogens is 382 g/mol. The first kappa shape index (κ1) is 17.0. The summed E-state index contributed by atoms with van der Waals surface area (Å²) in [5, 5.41) is 1.98. The Bertz CT molecular complexity index is 964. The van der Waals surface area contributed by atoms with Gasteiger partial charge in [0.2, 0.25) is 0 Å². The number of hydrogen-bond donors (Lipinski definition) is 0. The van der Waals surface area contributed by atoms with E-state index >= 15 is 0 Å². The molecule has 1 aromatic heterocycles. The maximum Gasteiger partial charge on any atom is 0.270 e. The number of amides is 1. The number of carbonyl (C=O) groups excluding carboxylic acids is 1. The maximum atomic E-state index is 12.7. The number of thioether (sulfide) groups is 1. The molecule has 1 aliphatic rings. The molecule has 128 valence electrons. The van der Waals surface area contributed by atoms with Crippen molar-refractivity contribution in [2.24, 2.45) is 0 Å². The zero-order valence-corrected chi connectivity index (χ0v) is 15.9. The van der Waals surface area contributed by atoms with Crippen molar-refractivity contribution in [1.29, 1.82) is 0 Å². The van der Waals surface area contributed by atoms with E-state index in [1.165, 1.54) is 11.8 Å². The molecule has 0 unspecified atom stereocenters. The average molecular weight is 396 g/mol. The van der Waals surface area contributed by atoms with Crippen LogP contribution in [0.3, 0.4) is 0 Å². The topological polar surface area (TPSA) is 29.5 Å². The van der Waals surface area contributed by atoms with Gasteiger partial charge in [0.05, 0.1) is 10.6 Å². The standard InChI is InChI=1S/C20H13NO2S3/c22-19-18(13-17-7-4-12-25-17)26-20(24)21(19)14-8-10-16(11-9-14)23-15-5-2-1-3-6-15/h1-13H. The summed E-state index contributed by atoms with van der Waals surface area (Å²) in [4.78, 5) is 16.0. The Labute approximate surface area is 164 Å². The lowest BCUT2D eigenvalue weighted by Gasteiger charge is -2.15. The molecule has 1 aliphatic heterocycles. The van der Waals surface area contributed by atoms with Gasteiger partial charge in [-0.2, -0.15) is 0 Å². The number of nitrogens with zero attached hydrogens (tertiary/aromatic N) is 1. The molecule has 0 spiro atoms. The van der Waals surface area contributed by atoms with Crippen molar-refractivity contribution in [2.45, 2.75) is 0 Å². The van der Waals surface area contributed by atoms with Gasteiger partial charge in [0.1, 0.15) is 11.5 Å². The van der Waals surface area contributed by atoms with E-state index in [1.807, 2.05) is 78.2 Å². The van der Waals surface area contributed by atoms with Crippen LogP contribution in [0.4, 0.5) is 5.69 Å². The molecule has 0 atom stereocenters. The van der Waals surface area contributed by atoms with E-state index in [9.17, 15) is 4.79 Å². The highest BCUT2D eigenvalue weighted by molar-refractivity contribution is 8.27. The van der Waals surface area contributed by atoms with E-state index in [2.05, 4.69) is 0 Å². The molecule has 4 rings (SSSR count). The fourth-order valence-electron chi connectivity index (χ4n) is 2.48. The average Bonchev–Trinajstić information content (AvgIpc) is 3.26. The number of ether oxygens (including phenoxy) is 1. The predicted octanol–water partition coefficient (Wildman–Crippen LogP) is 5.95. The zero-order chi connectivity index (χ0) is 17.9. The Morgan fingerprint density at radius 2 is 1.65 bits per heavy atom. The molecule has 0 aliphatic carbocycles. The van der Waals surface area contributed by atoms with E-state index < -0.39 is 0 Å². The van der Waals surface area contributed by atoms with Crippen LogP contribution in [0.5, 0.6) is 11.5 Å². The van der Waals surface area contributed by atoms with Crippen LogP contribution in [0.2, 0.25) is 0 Å². The van der Waals surface area contributed by atoms with Gasteiger partial charge >= 0.3 is 0 Å². The monoisotopic (exact) mass is 395 g/mol. The molecule has 0 N–H and O–H groups in total. The van der Waals surface area contributed by atoms with E-state index in [4.69, 9.17) is 17.0 Å². The molecule has 0 bridgehead atoms. The lowest BCUT2D eigenvalue weighted by molar-refractivity contribution is -0.113. The number of thiophene rings is 1. The first-order chi connectivity index (χ1) is 12.7. The van der Waals surface area contributed by atoms with Crippen LogP contribution in [-0.2, 0) is 4.79 Å². The molecule has 26 heavy (non-hydrogen) atoms. The summed E-state index contributed by atoms with van der Waals surface area (Å²) < 4.78 is 6.33. The van der Waals surface area contributed by atoms with Crippen molar-refractivity contribution < 1.29 is 9.53 Å². The molecule has 3 nitrogen and oxygen atoms in total. The van der Waals surface area contributed by atoms with Crippen LogP contribution in [0.25, 0.3) is 6.08 Å². The molecule has 1 fully saturated rings. The van der Waals surface area contributed by atoms with E-state index in [1.54, 1.807) is 16.2 Å². The number of benzene rings is 2. The van der Waals surface area contributed by atoms with Crippen LogP contribution >= 0.6 is 35.3 Å². The Morgan fingerprint density at radius 3 is 2.35 bits per heavy atom. The van der Waals surface area contributed by atoms with E-state index in [0.717, 1.165) is 16.3 Å². The molecule has 0 saturated carbocycles. The van der Waals surface area contributed by atoms with Gasteiger partial charge in [-0.3, -0.25) is 9.69 Å². The molecule has 6 heteroatoms. The molecule has 3 aromatic rings. The van der Waals surface area contributed by atoms with Gasteiger partial charge in [0.15, 0.2) is 4.32 Å². The van der Waals surface area contributed by atoms with Gasteiger partial charge in [-0.05, 0) is 53.9 Å². The summed E-state index contributed by atoms with van der Waals surface area (Å²) in [6, 6.07) is 20.9. The largest absolute Gasteiger partial charge is 0.457 e. The highest BCUT2D eigenvalue weighted by Gasteiger charge is 2.33. The second-order valence-electron chi connectivity index (χ2n) is 5.44.